The van der Waals surface area contributed by atoms with E-state index in [2.05, 4.69) is 0 Å². The molecule has 0 saturated heterocycles. The first-order valence-electron chi connectivity index (χ1n) is 5.41. The van der Waals surface area contributed by atoms with Gasteiger partial charge in [-0.2, -0.15) is 0 Å². The zero-order valence-corrected chi connectivity index (χ0v) is 9.09. The van der Waals surface area contributed by atoms with Crippen molar-refractivity contribution in [1.82, 2.24) is 0 Å². The van der Waals surface area contributed by atoms with E-state index in [0.29, 0.717) is 11.3 Å². The minimum atomic E-state index is -0.0267. The van der Waals surface area contributed by atoms with E-state index in [0.717, 1.165) is 10.4 Å². The van der Waals surface area contributed by atoms with Crippen molar-refractivity contribution in [3.05, 3.63) is 64.5 Å². The standard InChI is InChI=1S/C15H10O2/c16-14-9-11-5-1-2-6-12(11)10-17-15-8-4-3-7-13(14)15/h1-10H/b11-9-,12-10-. The molecule has 0 unspecified atom stereocenters. The average Bonchev–Trinajstić information content (AvgIpc) is 2.36. The zero-order valence-electron chi connectivity index (χ0n) is 9.09. The minimum Gasteiger partial charge on any atom is -0.464 e. The Kier molecular flexibility index (Phi) is 2.26. The highest BCUT2D eigenvalue weighted by Gasteiger charge is 2.10. The van der Waals surface area contributed by atoms with Crippen molar-refractivity contribution in [3.8, 4) is 5.75 Å². The molecule has 0 saturated carbocycles. The fourth-order valence-corrected chi connectivity index (χ4v) is 1.87. The Hall–Kier alpha value is -2.35. The van der Waals surface area contributed by atoms with Gasteiger partial charge in [0.05, 0.1) is 11.8 Å². The summed E-state index contributed by atoms with van der Waals surface area (Å²) in [5, 5.41) is 1.79. The number of Topliss-reactive ketones (excluding diaryl/α,β-unsaturated/α-hetero) is 1. The molecular formula is C15H10O2. The predicted molar refractivity (Wildman–Crippen MR) is 66.0 cm³/mol. The second-order valence-electron chi connectivity index (χ2n) is 3.87. The number of para-hydroxylation sites is 1. The van der Waals surface area contributed by atoms with E-state index in [1.54, 1.807) is 24.5 Å². The van der Waals surface area contributed by atoms with Crippen LogP contribution in [0.2, 0.25) is 0 Å². The molecule has 0 N–H and O–H groups in total. The zero-order chi connectivity index (χ0) is 11.7. The van der Waals surface area contributed by atoms with Crippen LogP contribution in [0.25, 0.3) is 12.3 Å². The summed E-state index contributed by atoms with van der Waals surface area (Å²) in [5.74, 6) is 0.574. The van der Waals surface area contributed by atoms with Gasteiger partial charge >= 0.3 is 0 Å². The molecule has 2 aromatic rings. The molecule has 0 spiro atoms. The van der Waals surface area contributed by atoms with Crippen LogP contribution in [0.3, 0.4) is 0 Å². The molecule has 3 rings (SSSR count). The second-order valence-corrected chi connectivity index (χ2v) is 3.87. The molecule has 1 heterocycles. The number of ether oxygens (including phenoxy) is 1. The highest BCUT2D eigenvalue weighted by atomic mass is 16.5. The number of hydrogen-bond acceptors (Lipinski definition) is 2. The van der Waals surface area contributed by atoms with Gasteiger partial charge in [-0.3, -0.25) is 4.79 Å². The Balaban J connectivity index is 2.30. The van der Waals surface area contributed by atoms with Gasteiger partial charge in [-0.25, -0.2) is 0 Å². The van der Waals surface area contributed by atoms with Crippen molar-refractivity contribution in [2.75, 3.05) is 0 Å². The van der Waals surface area contributed by atoms with Crippen LogP contribution in [0.4, 0.5) is 0 Å². The second kappa shape index (κ2) is 3.91. The Bertz CT molecular complexity index is 699. The van der Waals surface area contributed by atoms with Crippen LogP contribution < -0.4 is 15.2 Å². The molecule has 82 valence electrons. The molecule has 0 amide bonds. The predicted octanol–water partition coefficient (Wildman–Crippen LogP) is 1.48. The average molecular weight is 222 g/mol. The molecule has 0 fully saturated rings. The summed E-state index contributed by atoms with van der Waals surface area (Å²) in [6, 6.07) is 14.9. The number of hydrogen-bond donors (Lipinski definition) is 0. The van der Waals surface area contributed by atoms with Gasteiger partial charge in [0.1, 0.15) is 5.75 Å². The van der Waals surface area contributed by atoms with Crippen molar-refractivity contribution in [3.63, 3.8) is 0 Å². The quantitative estimate of drug-likeness (QED) is 0.675. The van der Waals surface area contributed by atoms with Gasteiger partial charge in [-0.05, 0) is 23.4 Å². The van der Waals surface area contributed by atoms with E-state index < -0.39 is 0 Å². The lowest BCUT2D eigenvalue weighted by Crippen LogP contribution is -2.27. The van der Waals surface area contributed by atoms with Gasteiger partial charge in [0, 0.05) is 5.22 Å². The third kappa shape index (κ3) is 1.74. The Labute approximate surface area is 98.5 Å². The summed E-state index contributed by atoms with van der Waals surface area (Å²) in [6.45, 7) is 0. The fourth-order valence-electron chi connectivity index (χ4n) is 1.87. The van der Waals surface area contributed by atoms with Crippen molar-refractivity contribution in [2.45, 2.75) is 0 Å². The Morgan fingerprint density at radius 1 is 0.824 bits per heavy atom. The molecule has 1 aliphatic heterocycles. The number of benzene rings is 2. The monoisotopic (exact) mass is 222 g/mol. The van der Waals surface area contributed by atoms with Crippen molar-refractivity contribution in [2.24, 2.45) is 0 Å². The van der Waals surface area contributed by atoms with Crippen LogP contribution >= 0.6 is 0 Å². The van der Waals surface area contributed by atoms with Crippen LogP contribution in [0.1, 0.15) is 10.4 Å². The summed E-state index contributed by atoms with van der Waals surface area (Å²) in [5.41, 5.74) is 0.596. The third-order valence-electron chi connectivity index (χ3n) is 2.75. The molecule has 2 nitrogen and oxygen atoms in total. The Morgan fingerprint density at radius 3 is 2.41 bits per heavy atom. The van der Waals surface area contributed by atoms with Crippen LogP contribution in [0.5, 0.6) is 5.75 Å². The van der Waals surface area contributed by atoms with Crippen molar-refractivity contribution >= 4 is 18.1 Å². The lowest BCUT2D eigenvalue weighted by molar-refractivity contribution is 0.106. The number of rotatable bonds is 0. The van der Waals surface area contributed by atoms with Crippen molar-refractivity contribution < 1.29 is 9.53 Å². The molecule has 0 radical (unpaired) electrons. The number of carbonyl (C=O) groups is 1. The summed E-state index contributed by atoms with van der Waals surface area (Å²) in [7, 11) is 0. The summed E-state index contributed by atoms with van der Waals surface area (Å²) in [4.78, 5) is 12.1. The first-order valence-corrected chi connectivity index (χ1v) is 5.41. The van der Waals surface area contributed by atoms with Crippen LogP contribution in [0.15, 0.2) is 48.5 Å². The molecule has 0 atom stereocenters. The summed E-state index contributed by atoms with van der Waals surface area (Å²) in [6.07, 6.45) is 3.32. The van der Waals surface area contributed by atoms with E-state index in [1.807, 2.05) is 36.4 Å². The molecule has 0 bridgehead atoms. The fraction of sp³-hybridized carbons (Fsp3) is 0. The summed E-state index contributed by atoms with van der Waals surface area (Å²) >= 11 is 0. The maximum Gasteiger partial charge on any atom is 0.190 e. The number of ketones is 1. The highest BCUT2D eigenvalue weighted by molar-refractivity contribution is 6.18. The first kappa shape index (κ1) is 9.85. The van der Waals surface area contributed by atoms with Gasteiger partial charge in [0.15, 0.2) is 5.78 Å². The smallest absolute Gasteiger partial charge is 0.190 e. The van der Waals surface area contributed by atoms with E-state index in [-0.39, 0.29) is 5.78 Å². The van der Waals surface area contributed by atoms with Gasteiger partial charge in [-0.1, -0.05) is 36.4 Å². The maximum absolute atomic E-state index is 12.1. The molecule has 1 aliphatic rings. The van der Waals surface area contributed by atoms with Crippen molar-refractivity contribution in [1.29, 1.82) is 0 Å². The number of fused-ring (bicyclic) bond motifs is 2. The molecule has 0 aromatic heterocycles. The third-order valence-corrected chi connectivity index (χ3v) is 2.75. The normalized spacial score (nSPS) is 17.1. The van der Waals surface area contributed by atoms with E-state index >= 15 is 0 Å². The lowest BCUT2D eigenvalue weighted by Gasteiger charge is -2.07. The SMILES string of the molecule is O=C1/C=c2/cccc/c2=C/Oc2ccccc21. The van der Waals surface area contributed by atoms with Gasteiger partial charge in [-0.15, -0.1) is 0 Å². The van der Waals surface area contributed by atoms with E-state index in [9.17, 15) is 4.79 Å². The van der Waals surface area contributed by atoms with Crippen LogP contribution in [-0.4, -0.2) is 5.78 Å². The van der Waals surface area contributed by atoms with Crippen LogP contribution in [0, 0.1) is 0 Å². The molecule has 2 aromatic carbocycles. The molecular weight excluding hydrogens is 212 g/mol. The lowest BCUT2D eigenvalue weighted by atomic mass is 10.1. The highest BCUT2D eigenvalue weighted by Crippen LogP contribution is 2.19. The molecule has 0 aliphatic carbocycles. The number of carbonyl (C=O) groups excluding carboxylic acids is 1. The molecule has 17 heavy (non-hydrogen) atoms. The van der Waals surface area contributed by atoms with Gasteiger partial charge < -0.3 is 4.74 Å². The Morgan fingerprint density at radius 2 is 1.53 bits per heavy atom. The van der Waals surface area contributed by atoms with Gasteiger partial charge in [0.25, 0.3) is 0 Å². The maximum atomic E-state index is 12.1. The van der Waals surface area contributed by atoms with Gasteiger partial charge in [0.2, 0.25) is 0 Å². The summed E-state index contributed by atoms with van der Waals surface area (Å²) < 4.78 is 5.56. The largest absolute Gasteiger partial charge is 0.464 e. The topological polar surface area (TPSA) is 26.3 Å². The van der Waals surface area contributed by atoms with E-state index in [1.165, 1.54) is 0 Å². The van der Waals surface area contributed by atoms with Crippen LogP contribution in [-0.2, 0) is 0 Å². The minimum absolute atomic E-state index is 0.0267. The molecule has 2 heteroatoms. The first-order chi connectivity index (χ1) is 8.34. The van der Waals surface area contributed by atoms with E-state index in [4.69, 9.17) is 4.74 Å².